The number of alkyl halides is 4. The van der Waals surface area contributed by atoms with E-state index in [0.29, 0.717) is 0 Å². The van der Waals surface area contributed by atoms with Crippen LogP contribution in [0.1, 0.15) is 13.8 Å². The van der Waals surface area contributed by atoms with Crippen molar-refractivity contribution in [3.8, 4) is 0 Å². The summed E-state index contributed by atoms with van der Waals surface area (Å²) in [6.45, 7) is 2.05. The molecule has 0 spiro atoms. The van der Waals surface area contributed by atoms with Crippen LogP contribution in [0.4, 0.5) is 17.6 Å². The first kappa shape index (κ1) is 17.1. The number of carbonyl (C=O) groups excluding carboxylic acids is 1. The molecule has 0 unspecified atom stereocenters. The van der Waals surface area contributed by atoms with Crippen molar-refractivity contribution in [2.45, 2.75) is 31.7 Å². The molecule has 0 aliphatic heterocycles. The molecule has 2 N–H and O–H groups in total. The lowest BCUT2D eigenvalue weighted by atomic mass is 10.1. The lowest BCUT2D eigenvalue weighted by Crippen LogP contribution is -2.54. The van der Waals surface area contributed by atoms with Crippen LogP contribution in [0.2, 0.25) is 0 Å². The Labute approximate surface area is 102 Å². The third-order valence-corrected chi connectivity index (χ3v) is 2.65. The second kappa shape index (κ2) is 5.39. The lowest BCUT2D eigenvalue weighted by molar-refractivity contribution is -0.169. The van der Waals surface area contributed by atoms with Gasteiger partial charge in [0.15, 0.2) is 0 Å². The van der Waals surface area contributed by atoms with E-state index < -0.39 is 40.4 Å². The van der Waals surface area contributed by atoms with Gasteiger partial charge in [-0.25, -0.2) is 21.9 Å². The summed E-state index contributed by atoms with van der Waals surface area (Å²) in [5.74, 6) is -6.96. The van der Waals surface area contributed by atoms with Crippen LogP contribution in [0, 0.1) is 0 Å². The number of rotatable bonds is 6. The van der Waals surface area contributed by atoms with Crippen LogP contribution in [0.3, 0.4) is 0 Å². The van der Waals surface area contributed by atoms with Gasteiger partial charge in [0, 0.05) is 12.1 Å². The summed E-state index contributed by atoms with van der Waals surface area (Å²) in [5, 5.41) is 1.57. The van der Waals surface area contributed by atoms with Gasteiger partial charge in [0.1, 0.15) is 0 Å². The van der Waals surface area contributed by atoms with E-state index in [-0.39, 0.29) is 0 Å². The number of hydrogen-bond donors (Lipinski definition) is 2. The molecule has 18 heavy (non-hydrogen) atoms. The number of amides is 1. The summed E-state index contributed by atoms with van der Waals surface area (Å²) in [6, 6.07) is 0. The van der Waals surface area contributed by atoms with Gasteiger partial charge in [-0.05, 0) is 13.8 Å². The highest BCUT2D eigenvalue weighted by atomic mass is 32.2. The first-order valence-electron chi connectivity index (χ1n) is 4.71. The SMILES string of the molecule is CC(C)(CNC(=O)C(F)(F)C(F)F)NS(C)(=O)=O. The maximum absolute atomic E-state index is 12.6. The van der Waals surface area contributed by atoms with E-state index in [1.165, 1.54) is 13.8 Å². The number of nitrogens with one attached hydrogen (secondary N) is 2. The molecule has 0 fully saturated rings. The fourth-order valence-electron chi connectivity index (χ4n) is 1.06. The van der Waals surface area contributed by atoms with Gasteiger partial charge in [0.2, 0.25) is 10.0 Å². The van der Waals surface area contributed by atoms with Gasteiger partial charge < -0.3 is 5.32 Å². The van der Waals surface area contributed by atoms with Crippen LogP contribution in [0.15, 0.2) is 0 Å². The molecular weight excluding hydrogens is 280 g/mol. The van der Waals surface area contributed by atoms with Crippen molar-refractivity contribution >= 4 is 15.9 Å². The monoisotopic (exact) mass is 294 g/mol. The zero-order chi connectivity index (χ0) is 14.8. The molecule has 0 saturated carbocycles. The minimum atomic E-state index is -4.80. The molecule has 0 aromatic rings. The molecule has 0 radical (unpaired) electrons. The maximum Gasteiger partial charge on any atom is 0.383 e. The number of carbonyl (C=O) groups is 1. The van der Waals surface area contributed by atoms with Crippen molar-refractivity contribution in [2.24, 2.45) is 0 Å². The Morgan fingerprint density at radius 2 is 1.72 bits per heavy atom. The smallest absolute Gasteiger partial charge is 0.349 e. The molecule has 0 saturated heterocycles. The molecule has 0 aliphatic rings. The molecule has 0 bridgehead atoms. The normalized spacial score (nSPS) is 13.8. The number of halogens is 4. The van der Waals surface area contributed by atoms with Crippen LogP contribution >= 0.6 is 0 Å². The van der Waals surface area contributed by atoms with Crippen LogP contribution in [0.25, 0.3) is 0 Å². The predicted octanol–water partition coefficient (Wildman–Crippen LogP) is 0.331. The average molecular weight is 294 g/mol. The Balaban J connectivity index is 4.55. The van der Waals surface area contributed by atoms with Crippen LogP contribution in [-0.4, -0.2) is 45.0 Å². The van der Waals surface area contributed by atoms with Crippen molar-refractivity contribution in [3.63, 3.8) is 0 Å². The molecule has 1 amide bonds. The van der Waals surface area contributed by atoms with Gasteiger partial charge in [0.05, 0.1) is 6.26 Å². The Kier molecular flexibility index (Phi) is 5.12. The van der Waals surface area contributed by atoms with Crippen molar-refractivity contribution in [1.29, 1.82) is 0 Å². The van der Waals surface area contributed by atoms with Crippen LogP contribution in [0.5, 0.6) is 0 Å². The molecule has 10 heteroatoms. The van der Waals surface area contributed by atoms with Crippen molar-refractivity contribution < 1.29 is 30.8 Å². The average Bonchev–Trinajstić information content (AvgIpc) is 2.09. The molecule has 5 nitrogen and oxygen atoms in total. The topological polar surface area (TPSA) is 75.3 Å². The third-order valence-electron chi connectivity index (χ3n) is 1.73. The van der Waals surface area contributed by atoms with E-state index in [1.807, 2.05) is 0 Å². The summed E-state index contributed by atoms with van der Waals surface area (Å²) in [4.78, 5) is 10.8. The van der Waals surface area contributed by atoms with E-state index in [2.05, 4.69) is 4.72 Å². The molecule has 108 valence electrons. The Morgan fingerprint density at radius 3 is 2.06 bits per heavy atom. The standard InChI is InChI=1S/C8H14F4N2O3S/c1-7(2,14-18(3,16)17)4-13-6(15)8(11,12)5(9)10/h5,14H,4H2,1-3H3,(H,13,15). The summed E-state index contributed by atoms with van der Waals surface area (Å²) in [6.07, 6.45) is -3.28. The zero-order valence-electron chi connectivity index (χ0n) is 9.93. The molecule has 0 heterocycles. The van der Waals surface area contributed by atoms with Gasteiger partial charge in [-0.15, -0.1) is 0 Å². The maximum atomic E-state index is 12.6. The number of sulfonamides is 1. The predicted molar refractivity (Wildman–Crippen MR) is 56.0 cm³/mol. The third kappa shape index (κ3) is 5.63. The minimum absolute atomic E-state index is 0.554. The minimum Gasteiger partial charge on any atom is -0.349 e. The summed E-state index contributed by atoms with van der Waals surface area (Å²) in [5.41, 5.74) is -1.28. The van der Waals surface area contributed by atoms with Crippen molar-refractivity contribution in [1.82, 2.24) is 10.0 Å². The highest BCUT2D eigenvalue weighted by molar-refractivity contribution is 7.88. The molecule has 0 aliphatic carbocycles. The van der Waals surface area contributed by atoms with Crippen LogP contribution < -0.4 is 10.0 Å². The van der Waals surface area contributed by atoms with E-state index in [0.717, 1.165) is 6.26 Å². The van der Waals surface area contributed by atoms with Gasteiger partial charge >= 0.3 is 12.3 Å². The fraction of sp³-hybridized carbons (Fsp3) is 0.875. The van der Waals surface area contributed by atoms with E-state index in [1.54, 1.807) is 5.32 Å². The van der Waals surface area contributed by atoms with E-state index >= 15 is 0 Å². The van der Waals surface area contributed by atoms with Gasteiger partial charge in [0.25, 0.3) is 5.91 Å². The highest BCUT2D eigenvalue weighted by Crippen LogP contribution is 2.22. The van der Waals surface area contributed by atoms with Crippen LogP contribution in [-0.2, 0) is 14.8 Å². The summed E-state index contributed by atoms with van der Waals surface area (Å²) in [7, 11) is -3.62. The molecule has 0 aromatic carbocycles. The van der Waals surface area contributed by atoms with Crippen molar-refractivity contribution in [2.75, 3.05) is 12.8 Å². The largest absolute Gasteiger partial charge is 0.383 e. The van der Waals surface area contributed by atoms with E-state index in [9.17, 15) is 30.8 Å². The van der Waals surface area contributed by atoms with E-state index in [4.69, 9.17) is 0 Å². The first-order chi connectivity index (χ1) is 7.78. The lowest BCUT2D eigenvalue weighted by Gasteiger charge is -2.26. The van der Waals surface area contributed by atoms with Gasteiger partial charge in [-0.3, -0.25) is 4.79 Å². The Hall–Kier alpha value is -0.900. The Bertz CT molecular complexity index is 409. The molecule has 0 rings (SSSR count). The fourth-order valence-corrected chi connectivity index (χ4v) is 2.13. The summed E-state index contributed by atoms with van der Waals surface area (Å²) < 4.78 is 72.6. The Morgan fingerprint density at radius 1 is 1.28 bits per heavy atom. The summed E-state index contributed by atoms with van der Waals surface area (Å²) >= 11 is 0. The second-order valence-electron chi connectivity index (χ2n) is 4.36. The zero-order valence-corrected chi connectivity index (χ0v) is 10.7. The van der Waals surface area contributed by atoms with Crippen molar-refractivity contribution in [3.05, 3.63) is 0 Å². The molecule has 0 atom stereocenters. The highest BCUT2D eigenvalue weighted by Gasteiger charge is 2.49. The first-order valence-corrected chi connectivity index (χ1v) is 6.60. The second-order valence-corrected chi connectivity index (χ2v) is 6.11. The quantitative estimate of drug-likeness (QED) is 0.693. The molecular formula is C8H14F4N2O3S. The molecule has 0 aromatic heterocycles. The van der Waals surface area contributed by atoms with Gasteiger partial charge in [-0.2, -0.15) is 8.78 Å². The van der Waals surface area contributed by atoms with Gasteiger partial charge in [-0.1, -0.05) is 0 Å². The number of hydrogen-bond acceptors (Lipinski definition) is 3.